The van der Waals surface area contributed by atoms with Crippen LogP contribution in [0, 0.1) is 0 Å². The summed E-state index contributed by atoms with van der Waals surface area (Å²) >= 11 is 0. The molecule has 2 aliphatic rings. The van der Waals surface area contributed by atoms with Gasteiger partial charge in [-0.15, -0.1) is 0 Å². The van der Waals surface area contributed by atoms with E-state index in [1.807, 2.05) is 6.08 Å². The van der Waals surface area contributed by atoms with E-state index in [0.717, 1.165) is 70.6 Å². The molecule has 0 bridgehead atoms. The molecule has 14 nitrogen and oxygen atoms in total. The molecule has 0 radical (unpaired) electrons. The number of ether oxygens (including phenoxy) is 4. The molecule has 2 aliphatic heterocycles. The second-order valence-corrected chi connectivity index (χ2v) is 24.3. The Labute approximate surface area is 517 Å². The van der Waals surface area contributed by atoms with Gasteiger partial charge in [-0.1, -0.05) is 260 Å². The summed E-state index contributed by atoms with van der Waals surface area (Å²) in [7, 11) is 0. The van der Waals surface area contributed by atoms with Gasteiger partial charge >= 0.3 is 0 Å². The van der Waals surface area contributed by atoms with Crippen LogP contribution in [-0.2, 0) is 23.7 Å². The first-order valence-corrected chi connectivity index (χ1v) is 34.7. The van der Waals surface area contributed by atoms with E-state index in [9.17, 15) is 45.6 Å². The minimum atomic E-state index is -1.80. The fraction of sp³-hybridized carbons (Fsp3) is 0.817. The molecular weight excluding hydrogens is 1070 g/mol. The van der Waals surface area contributed by atoms with Crippen molar-refractivity contribution in [3.8, 4) is 0 Å². The number of hydrogen-bond acceptors (Lipinski definition) is 13. The molecule has 0 aromatic rings. The van der Waals surface area contributed by atoms with Gasteiger partial charge in [0.1, 0.15) is 48.8 Å². The van der Waals surface area contributed by atoms with E-state index >= 15 is 0 Å². The third-order valence-electron chi connectivity index (χ3n) is 16.6. The number of allylic oxidation sites excluding steroid dienone is 11. The van der Waals surface area contributed by atoms with Gasteiger partial charge in [0.2, 0.25) is 5.91 Å². The van der Waals surface area contributed by atoms with E-state index in [1.54, 1.807) is 6.08 Å². The summed E-state index contributed by atoms with van der Waals surface area (Å²) in [6.07, 6.45) is 58.1. The summed E-state index contributed by atoms with van der Waals surface area (Å²) in [6.45, 7) is 2.78. The molecule has 0 aromatic carbocycles. The Balaban J connectivity index is 1.73. The lowest BCUT2D eigenvalue weighted by Gasteiger charge is -2.46. The molecule has 9 N–H and O–H groups in total. The summed E-state index contributed by atoms with van der Waals surface area (Å²) < 4.78 is 22.8. The SMILES string of the molecule is CCCCCCC/C=C\C/C=C\C/C=C\CCCCCCCCCCC(=O)NC(COC1OC(CO)C(OC2OC(CO)C(O)C(O)C2O)C(O)C1O)C(O)/C=C/CC/C=C/CC/C=C/CCCCCCCCCCCCCCCCCCCC. The highest BCUT2D eigenvalue weighted by Crippen LogP contribution is 2.30. The van der Waals surface area contributed by atoms with Crippen molar-refractivity contribution in [1.82, 2.24) is 5.32 Å². The van der Waals surface area contributed by atoms with E-state index in [-0.39, 0.29) is 18.9 Å². The van der Waals surface area contributed by atoms with E-state index in [2.05, 4.69) is 79.9 Å². The zero-order valence-electron chi connectivity index (χ0n) is 53.6. The molecule has 2 heterocycles. The minimum Gasteiger partial charge on any atom is -0.394 e. The molecule has 12 atom stereocenters. The molecule has 2 fully saturated rings. The quantitative estimate of drug-likeness (QED) is 0.0204. The zero-order valence-corrected chi connectivity index (χ0v) is 53.6. The van der Waals surface area contributed by atoms with Gasteiger partial charge in [-0.3, -0.25) is 4.79 Å². The monoisotopic (exact) mass is 1200 g/mol. The Morgan fingerprint density at radius 2 is 0.788 bits per heavy atom. The Morgan fingerprint density at radius 1 is 0.424 bits per heavy atom. The number of unbranched alkanes of at least 4 members (excludes halogenated alkanes) is 33. The lowest BCUT2D eigenvalue weighted by molar-refractivity contribution is -0.359. The van der Waals surface area contributed by atoms with Crippen LogP contribution in [0.3, 0.4) is 0 Å². The van der Waals surface area contributed by atoms with Crippen molar-refractivity contribution < 1.29 is 64.6 Å². The number of amides is 1. The molecule has 2 rings (SSSR count). The van der Waals surface area contributed by atoms with Crippen LogP contribution >= 0.6 is 0 Å². The first kappa shape index (κ1) is 78.5. The third-order valence-corrected chi connectivity index (χ3v) is 16.6. The molecular formula is C71H127NO13. The van der Waals surface area contributed by atoms with Crippen LogP contribution in [-0.4, -0.2) is 140 Å². The Bertz CT molecular complexity index is 1700. The van der Waals surface area contributed by atoms with Gasteiger partial charge in [0, 0.05) is 6.42 Å². The predicted octanol–water partition coefficient (Wildman–Crippen LogP) is 13.8. The van der Waals surface area contributed by atoms with Gasteiger partial charge < -0.3 is 65.1 Å². The molecule has 0 spiro atoms. The number of carbonyl (C=O) groups excluding carboxylic acids is 1. The van der Waals surface area contributed by atoms with Crippen LogP contribution in [0.5, 0.6) is 0 Å². The topological polar surface area (TPSA) is 228 Å². The maximum absolute atomic E-state index is 13.3. The van der Waals surface area contributed by atoms with Crippen molar-refractivity contribution in [2.75, 3.05) is 19.8 Å². The van der Waals surface area contributed by atoms with Gasteiger partial charge in [0.15, 0.2) is 12.6 Å². The highest BCUT2D eigenvalue weighted by molar-refractivity contribution is 5.76. The van der Waals surface area contributed by atoms with Crippen LogP contribution < -0.4 is 5.32 Å². The standard InChI is InChI=1S/C71H127NO13/c1-3-5-7-9-11-13-15-17-19-21-23-25-27-28-29-30-31-33-34-36-38-40-42-44-46-48-50-52-54-60(75)59(58-82-70-68(81)66(79)69(62(57-74)84-70)85-71-67(80)65(78)64(77)61(56-73)83-71)72-63(76)55-53-51-49-47-45-43-41-39-37-35-32-26-24-22-20-18-16-14-12-10-8-6-4-2/h16,18,22,24,32,35-36,38,44,46,52,54,59-62,64-71,73-75,77-81H,3-15,17,19-21,23,25-31,33-34,37,39-43,45,47-51,53,55-58H2,1-2H3,(H,72,76)/b18-16-,24-22-,35-32-,38-36+,46-44+,54-52+. The van der Waals surface area contributed by atoms with E-state index in [1.165, 1.54) is 173 Å². The maximum Gasteiger partial charge on any atom is 0.220 e. The fourth-order valence-corrected chi connectivity index (χ4v) is 11.0. The van der Waals surface area contributed by atoms with Crippen LogP contribution in [0.4, 0.5) is 0 Å². The van der Waals surface area contributed by atoms with Gasteiger partial charge in [0.25, 0.3) is 0 Å². The normalized spacial score (nSPS) is 24.0. The summed E-state index contributed by atoms with van der Waals surface area (Å²) in [5, 5.41) is 87.4. The number of nitrogens with one attached hydrogen (secondary N) is 1. The Hall–Kier alpha value is -2.57. The van der Waals surface area contributed by atoms with Gasteiger partial charge in [-0.25, -0.2) is 0 Å². The molecule has 12 unspecified atom stereocenters. The minimum absolute atomic E-state index is 0.259. The number of aliphatic hydroxyl groups excluding tert-OH is 8. The predicted molar refractivity (Wildman–Crippen MR) is 346 cm³/mol. The van der Waals surface area contributed by atoms with Crippen molar-refractivity contribution in [2.24, 2.45) is 0 Å². The molecule has 0 aliphatic carbocycles. The van der Waals surface area contributed by atoms with Crippen LogP contribution in [0.2, 0.25) is 0 Å². The molecule has 85 heavy (non-hydrogen) atoms. The summed E-state index contributed by atoms with van der Waals surface area (Å²) in [6, 6.07) is -0.947. The van der Waals surface area contributed by atoms with E-state index < -0.39 is 86.8 Å². The smallest absolute Gasteiger partial charge is 0.220 e. The van der Waals surface area contributed by atoms with Gasteiger partial charge in [-0.2, -0.15) is 0 Å². The zero-order chi connectivity index (χ0) is 61.6. The average molecular weight is 1200 g/mol. The molecule has 2 saturated heterocycles. The van der Waals surface area contributed by atoms with Crippen molar-refractivity contribution in [3.05, 3.63) is 72.9 Å². The maximum atomic E-state index is 13.3. The first-order chi connectivity index (χ1) is 41.6. The van der Waals surface area contributed by atoms with Crippen LogP contribution in [0.25, 0.3) is 0 Å². The Morgan fingerprint density at radius 3 is 1.24 bits per heavy atom. The highest BCUT2D eigenvalue weighted by atomic mass is 16.7. The van der Waals surface area contributed by atoms with Crippen LogP contribution in [0.1, 0.15) is 277 Å². The second-order valence-electron chi connectivity index (χ2n) is 24.3. The fourth-order valence-electron chi connectivity index (χ4n) is 11.0. The molecule has 0 aromatic heterocycles. The summed E-state index contributed by atoms with van der Waals surface area (Å²) in [4.78, 5) is 13.3. The summed E-state index contributed by atoms with van der Waals surface area (Å²) in [5.41, 5.74) is 0. The van der Waals surface area contributed by atoms with Crippen molar-refractivity contribution in [3.63, 3.8) is 0 Å². The van der Waals surface area contributed by atoms with Crippen molar-refractivity contribution in [1.29, 1.82) is 0 Å². The molecule has 0 saturated carbocycles. The van der Waals surface area contributed by atoms with E-state index in [0.29, 0.717) is 12.8 Å². The lowest BCUT2D eigenvalue weighted by atomic mass is 9.97. The highest BCUT2D eigenvalue weighted by Gasteiger charge is 2.51. The van der Waals surface area contributed by atoms with Gasteiger partial charge in [-0.05, 0) is 83.5 Å². The number of hydrogen-bond donors (Lipinski definition) is 9. The average Bonchev–Trinajstić information content (AvgIpc) is 3.68. The molecule has 1 amide bonds. The number of aliphatic hydroxyl groups is 8. The third kappa shape index (κ3) is 39.9. The summed E-state index contributed by atoms with van der Waals surface area (Å²) in [5.74, 6) is -0.260. The largest absolute Gasteiger partial charge is 0.394 e. The van der Waals surface area contributed by atoms with E-state index in [4.69, 9.17) is 18.9 Å². The first-order valence-electron chi connectivity index (χ1n) is 34.7. The molecule has 14 heteroatoms. The number of carbonyl (C=O) groups is 1. The molecule has 494 valence electrons. The number of rotatable bonds is 56. The van der Waals surface area contributed by atoms with Crippen molar-refractivity contribution >= 4 is 5.91 Å². The van der Waals surface area contributed by atoms with Crippen LogP contribution in [0.15, 0.2) is 72.9 Å². The Kier molecular flexibility index (Phi) is 51.3. The second kappa shape index (κ2) is 55.5. The lowest BCUT2D eigenvalue weighted by Crippen LogP contribution is -2.65. The van der Waals surface area contributed by atoms with Crippen molar-refractivity contribution in [2.45, 2.75) is 351 Å². The van der Waals surface area contributed by atoms with Gasteiger partial charge in [0.05, 0.1) is 32.0 Å².